The molecule has 0 saturated carbocycles. The average molecular weight is 420 g/mol. The zero-order valence-electron chi connectivity index (χ0n) is 12.4. The zero-order valence-corrected chi connectivity index (χ0v) is 14.5. The SMILES string of the molecule is Cc1ccc(F)c(NC(=O)Nc2ccc(I)c3ccccc23)c1. The molecule has 2 amide bonds. The van der Waals surface area contributed by atoms with Crippen LogP contribution in [0.4, 0.5) is 20.6 Å². The second-order valence-electron chi connectivity index (χ2n) is 5.20. The minimum absolute atomic E-state index is 0.164. The molecule has 0 unspecified atom stereocenters. The van der Waals surface area contributed by atoms with Crippen LogP contribution in [0.3, 0.4) is 0 Å². The monoisotopic (exact) mass is 420 g/mol. The van der Waals surface area contributed by atoms with E-state index in [2.05, 4.69) is 33.2 Å². The molecule has 0 atom stereocenters. The first kappa shape index (κ1) is 15.7. The fourth-order valence-corrected chi connectivity index (χ4v) is 3.03. The van der Waals surface area contributed by atoms with Crippen LogP contribution in [0.15, 0.2) is 54.6 Å². The molecule has 0 heterocycles. The third-order valence-electron chi connectivity index (χ3n) is 3.49. The summed E-state index contributed by atoms with van der Waals surface area (Å²) in [7, 11) is 0. The van der Waals surface area contributed by atoms with Crippen molar-refractivity contribution in [1.29, 1.82) is 0 Å². The number of anilines is 2. The highest BCUT2D eigenvalue weighted by Crippen LogP contribution is 2.27. The molecule has 0 aliphatic carbocycles. The Bertz CT molecular complexity index is 895. The van der Waals surface area contributed by atoms with Crippen LogP contribution in [0, 0.1) is 16.3 Å². The van der Waals surface area contributed by atoms with Crippen LogP contribution in [0.25, 0.3) is 10.8 Å². The lowest BCUT2D eigenvalue weighted by Gasteiger charge is -2.12. The van der Waals surface area contributed by atoms with Crippen LogP contribution in [0.5, 0.6) is 0 Å². The van der Waals surface area contributed by atoms with Crippen molar-refractivity contribution in [3.05, 3.63) is 69.5 Å². The molecule has 0 aromatic heterocycles. The number of urea groups is 1. The lowest BCUT2D eigenvalue weighted by atomic mass is 10.1. The summed E-state index contributed by atoms with van der Waals surface area (Å²) in [6.45, 7) is 1.84. The predicted octanol–water partition coefficient (Wildman–Crippen LogP) is 5.54. The van der Waals surface area contributed by atoms with Gasteiger partial charge in [0.05, 0.1) is 11.4 Å². The normalized spacial score (nSPS) is 10.6. The number of amides is 2. The smallest absolute Gasteiger partial charge is 0.307 e. The first-order chi connectivity index (χ1) is 11.0. The fraction of sp³-hybridized carbons (Fsp3) is 0.0556. The minimum atomic E-state index is -0.471. The molecule has 0 aliphatic rings. The van der Waals surface area contributed by atoms with Crippen LogP contribution in [-0.4, -0.2) is 6.03 Å². The maximum absolute atomic E-state index is 13.7. The maximum Gasteiger partial charge on any atom is 0.323 e. The van der Waals surface area contributed by atoms with Crippen molar-refractivity contribution in [3.63, 3.8) is 0 Å². The maximum atomic E-state index is 13.7. The molecule has 3 rings (SSSR count). The topological polar surface area (TPSA) is 41.1 Å². The van der Waals surface area contributed by atoms with Crippen LogP contribution in [0.2, 0.25) is 0 Å². The highest BCUT2D eigenvalue weighted by atomic mass is 127. The molecule has 0 radical (unpaired) electrons. The molecule has 0 aliphatic heterocycles. The van der Waals surface area contributed by atoms with Crippen LogP contribution in [-0.2, 0) is 0 Å². The fourth-order valence-electron chi connectivity index (χ4n) is 2.38. The Morgan fingerprint density at radius 1 is 0.957 bits per heavy atom. The van der Waals surface area contributed by atoms with Gasteiger partial charge in [0.25, 0.3) is 0 Å². The summed E-state index contributed by atoms with van der Waals surface area (Å²) in [5.74, 6) is -0.460. The molecule has 3 aromatic rings. The summed E-state index contributed by atoms with van der Waals surface area (Å²) in [6.07, 6.45) is 0. The summed E-state index contributed by atoms with van der Waals surface area (Å²) in [6, 6.07) is 15.7. The number of hydrogen-bond acceptors (Lipinski definition) is 1. The van der Waals surface area contributed by atoms with Gasteiger partial charge in [-0.2, -0.15) is 0 Å². The van der Waals surface area contributed by atoms with Crippen molar-refractivity contribution >= 4 is 50.8 Å². The largest absolute Gasteiger partial charge is 0.323 e. The van der Waals surface area contributed by atoms with Crippen LogP contribution < -0.4 is 10.6 Å². The van der Waals surface area contributed by atoms with E-state index in [-0.39, 0.29) is 5.69 Å². The van der Waals surface area contributed by atoms with E-state index in [1.54, 1.807) is 12.1 Å². The van der Waals surface area contributed by atoms with Gasteiger partial charge in [-0.25, -0.2) is 9.18 Å². The second kappa shape index (κ2) is 6.54. The summed E-state index contributed by atoms with van der Waals surface area (Å²) in [5, 5.41) is 7.35. The van der Waals surface area contributed by atoms with Gasteiger partial charge in [-0.05, 0) is 64.7 Å². The second-order valence-corrected chi connectivity index (χ2v) is 6.37. The standard InChI is InChI=1S/C18H14FIN2O/c1-11-6-7-14(19)17(10-11)22-18(23)21-16-9-8-15(20)12-4-2-3-5-13(12)16/h2-10H,1H3,(H2,21,22,23). The quantitative estimate of drug-likeness (QED) is 0.526. The zero-order chi connectivity index (χ0) is 16.4. The van der Waals surface area contributed by atoms with Crippen molar-refractivity contribution in [1.82, 2.24) is 0 Å². The van der Waals surface area contributed by atoms with E-state index >= 15 is 0 Å². The molecular weight excluding hydrogens is 406 g/mol. The summed E-state index contributed by atoms with van der Waals surface area (Å²) in [4.78, 5) is 12.2. The van der Waals surface area contributed by atoms with Gasteiger partial charge >= 0.3 is 6.03 Å². The lowest BCUT2D eigenvalue weighted by molar-refractivity contribution is 0.262. The third-order valence-corrected chi connectivity index (χ3v) is 4.43. The number of fused-ring (bicyclic) bond motifs is 1. The summed E-state index contributed by atoms with van der Waals surface area (Å²) >= 11 is 2.26. The number of benzene rings is 3. The Morgan fingerprint density at radius 2 is 1.65 bits per heavy atom. The molecular formula is C18H14FIN2O. The van der Waals surface area contributed by atoms with E-state index < -0.39 is 11.8 Å². The number of hydrogen-bond donors (Lipinski definition) is 2. The molecule has 0 spiro atoms. The Balaban J connectivity index is 1.86. The average Bonchev–Trinajstić information content (AvgIpc) is 2.54. The van der Waals surface area contributed by atoms with E-state index in [9.17, 15) is 9.18 Å². The molecule has 0 bridgehead atoms. The molecule has 23 heavy (non-hydrogen) atoms. The molecule has 3 aromatic carbocycles. The molecule has 0 saturated heterocycles. The number of rotatable bonds is 2. The van der Waals surface area contributed by atoms with Crippen LogP contribution >= 0.6 is 22.6 Å². The number of aryl methyl sites for hydroxylation is 1. The van der Waals surface area contributed by atoms with Crippen molar-refractivity contribution in [3.8, 4) is 0 Å². The number of halogens is 2. The first-order valence-electron chi connectivity index (χ1n) is 7.06. The van der Waals surface area contributed by atoms with Gasteiger partial charge in [0.2, 0.25) is 0 Å². The molecule has 2 N–H and O–H groups in total. The molecule has 3 nitrogen and oxygen atoms in total. The summed E-state index contributed by atoms with van der Waals surface area (Å²) < 4.78 is 14.8. The van der Waals surface area contributed by atoms with Gasteiger partial charge in [-0.3, -0.25) is 0 Å². The van der Waals surface area contributed by atoms with E-state index in [1.807, 2.05) is 43.3 Å². The van der Waals surface area contributed by atoms with Crippen LogP contribution in [0.1, 0.15) is 5.56 Å². The molecule has 5 heteroatoms. The minimum Gasteiger partial charge on any atom is -0.307 e. The van der Waals surface area contributed by atoms with Gasteiger partial charge < -0.3 is 10.6 Å². The highest BCUT2D eigenvalue weighted by Gasteiger charge is 2.10. The van der Waals surface area contributed by atoms with Crippen molar-refractivity contribution < 1.29 is 9.18 Å². The van der Waals surface area contributed by atoms with Crippen molar-refractivity contribution in [2.75, 3.05) is 10.6 Å². The van der Waals surface area contributed by atoms with Gasteiger partial charge in [0, 0.05) is 8.96 Å². The molecule has 116 valence electrons. The highest BCUT2D eigenvalue weighted by molar-refractivity contribution is 14.1. The third kappa shape index (κ3) is 3.44. The van der Waals surface area contributed by atoms with E-state index in [0.717, 1.165) is 19.9 Å². The van der Waals surface area contributed by atoms with E-state index in [0.29, 0.717) is 5.69 Å². The first-order valence-corrected chi connectivity index (χ1v) is 8.14. The Hall–Kier alpha value is -2.15. The number of nitrogens with one attached hydrogen (secondary N) is 2. The van der Waals surface area contributed by atoms with Gasteiger partial charge in [-0.15, -0.1) is 0 Å². The van der Waals surface area contributed by atoms with E-state index in [1.165, 1.54) is 6.07 Å². The number of carbonyl (C=O) groups is 1. The van der Waals surface area contributed by atoms with Gasteiger partial charge in [-0.1, -0.05) is 30.3 Å². The van der Waals surface area contributed by atoms with Crippen molar-refractivity contribution in [2.45, 2.75) is 6.92 Å². The Kier molecular flexibility index (Phi) is 4.47. The van der Waals surface area contributed by atoms with Crippen molar-refractivity contribution in [2.24, 2.45) is 0 Å². The molecule has 0 fully saturated rings. The number of carbonyl (C=O) groups excluding carboxylic acids is 1. The Labute approximate surface area is 147 Å². The van der Waals surface area contributed by atoms with E-state index in [4.69, 9.17) is 0 Å². The van der Waals surface area contributed by atoms with Gasteiger partial charge in [0.1, 0.15) is 5.82 Å². The Morgan fingerprint density at radius 3 is 2.43 bits per heavy atom. The summed E-state index contributed by atoms with van der Waals surface area (Å²) in [5.41, 5.74) is 1.73. The predicted molar refractivity (Wildman–Crippen MR) is 100 cm³/mol. The lowest BCUT2D eigenvalue weighted by Crippen LogP contribution is -2.20. The van der Waals surface area contributed by atoms with Gasteiger partial charge in [0.15, 0.2) is 0 Å².